The summed E-state index contributed by atoms with van der Waals surface area (Å²) in [6, 6.07) is 20.9. The molecule has 0 unspecified atom stereocenters. The number of ether oxygens (including phenoxy) is 1. The SMILES string of the molecule is C[C@H](NC(=O)COC(=O)c1cccc(N(C)C)c1)c1cccc2ccccc12. The van der Waals surface area contributed by atoms with Crippen LogP contribution < -0.4 is 10.2 Å². The average molecular weight is 376 g/mol. The largest absolute Gasteiger partial charge is 0.452 e. The summed E-state index contributed by atoms with van der Waals surface area (Å²) >= 11 is 0. The second kappa shape index (κ2) is 8.57. The quantitative estimate of drug-likeness (QED) is 0.662. The van der Waals surface area contributed by atoms with Gasteiger partial charge < -0.3 is 15.0 Å². The Hall–Kier alpha value is -3.34. The number of esters is 1. The van der Waals surface area contributed by atoms with Crippen LogP contribution in [-0.4, -0.2) is 32.6 Å². The lowest BCUT2D eigenvalue weighted by atomic mass is 10.00. The van der Waals surface area contributed by atoms with E-state index in [1.807, 2.05) is 74.4 Å². The van der Waals surface area contributed by atoms with Crippen molar-refractivity contribution in [2.45, 2.75) is 13.0 Å². The Kier molecular flexibility index (Phi) is 5.94. The molecule has 0 aliphatic carbocycles. The van der Waals surface area contributed by atoms with Crippen molar-refractivity contribution in [2.24, 2.45) is 0 Å². The predicted octanol–water partition coefficient (Wildman–Crippen LogP) is 3.94. The van der Waals surface area contributed by atoms with Crippen molar-refractivity contribution in [3.05, 3.63) is 77.9 Å². The minimum atomic E-state index is -0.517. The first-order chi connectivity index (χ1) is 13.5. The number of amides is 1. The predicted molar refractivity (Wildman–Crippen MR) is 112 cm³/mol. The van der Waals surface area contributed by atoms with Crippen LogP contribution in [0.4, 0.5) is 5.69 Å². The number of anilines is 1. The molecule has 144 valence electrons. The molecule has 1 atom stereocenters. The Morgan fingerprint density at radius 1 is 1.00 bits per heavy atom. The van der Waals surface area contributed by atoms with Gasteiger partial charge in [0.25, 0.3) is 5.91 Å². The molecule has 0 saturated heterocycles. The van der Waals surface area contributed by atoms with E-state index in [0.29, 0.717) is 5.56 Å². The first-order valence-electron chi connectivity index (χ1n) is 9.17. The monoisotopic (exact) mass is 376 g/mol. The molecule has 0 aliphatic rings. The minimum absolute atomic E-state index is 0.200. The van der Waals surface area contributed by atoms with Crippen LogP contribution in [0.15, 0.2) is 66.7 Å². The number of nitrogens with zero attached hydrogens (tertiary/aromatic N) is 1. The van der Waals surface area contributed by atoms with Crippen LogP contribution >= 0.6 is 0 Å². The van der Waals surface area contributed by atoms with Crippen LogP contribution in [-0.2, 0) is 9.53 Å². The molecule has 0 radical (unpaired) electrons. The maximum Gasteiger partial charge on any atom is 0.338 e. The van der Waals surface area contributed by atoms with Crippen LogP contribution in [0, 0.1) is 0 Å². The van der Waals surface area contributed by atoms with E-state index in [0.717, 1.165) is 22.0 Å². The number of benzene rings is 3. The van der Waals surface area contributed by atoms with E-state index >= 15 is 0 Å². The number of carbonyl (C=O) groups is 2. The summed E-state index contributed by atoms with van der Waals surface area (Å²) in [7, 11) is 3.79. The van der Waals surface area contributed by atoms with Gasteiger partial charge >= 0.3 is 5.97 Å². The third-order valence-corrected chi connectivity index (χ3v) is 4.60. The Labute approximate surface area is 164 Å². The van der Waals surface area contributed by atoms with Crippen molar-refractivity contribution in [1.29, 1.82) is 0 Å². The molecule has 1 N–H and O–H groups in total. The molecule has 1 amide bonds. The maximum atomic E-state index is 12.3. The van der Waals surface area contributed by atoms with E-state index in [1.54, 1.807) is 18.2 Å². The fourth-order valence-electron chi connectivity index (χ4n) is 3.11. The molecular formula is C23H24N2O3. The molecule has 0 saturated carbocycles. The zero-order valence-electron chi connectivity index (χ0n) is 16.3. The third kappa shape index (κ3) is 4.49. The smallest absolute Gasteiger partial charge is 0.338 e. The molecule has 0 aliphatic heterocycles. The molecule has 0 aromatic heterocycles. The van der Waals surface area contributed by atoms with Gasteiger partial charge in [-0.1, -0.05) is 48.5 Å². The summed E-state index contributed by atoms with van der Waals surface area (Å²) in [5.74, 6) is -0.853. The number of rotatable bonds is 6. The van der Waals surface area contributed by atoms with E-state index in [4.69, 9.17) is 4.74 Å². The van der Waals surface area contributed by atoms with E-state index in [1.165, 1.54) is 0 Å². The highest BCUT2D eigenvalue weighted by Crippen LogP contribution is 2.24. The lowest BCUT2D eigenvalue weighted by molar-refractivity contribution is -0.124. The lowest BCUT2D eigenvalue weighted by Crippen LogP contribution is -2.31. The minimum Gasteiger partial charge on any atom is -0.452 e. The first kappa shape index (κ1) is 19.4. The van der Waals surface area contributed by atoms with Crippen molar-refractivity contribution in [3.8, 4) is 0 Å². The molecule has 3 rings (SSSR count). The van der Waals surface area contributed by atoms with Crippen LogP contribution in [0.25, 0.3) is 10.8 Å². The summed E-state index contributed by atoms with van der Waals surface area (Å²) in [5.41, 5.74) is 2.33. The van der Waals surface area contributed by atoms with E-state index in [2.05, 4.69) is 5.32 Å². The van der Waals surface area contributed by atoms with Crippen LogP contribution in [0.2, 0.25) is 0 Å². The van der Waals surface area contributed by atoms with Crippen LogP contribution in [0.3, 0.4) is 0 Å². The van der Waals surface area contributed by atoms with Gasteiger partial charge in [-0.15, -0.1) is 0 Å². The first-order valence-corrected chi connectivity index (χ1v) is 9.17. The fourth-order valence-corrected chi connectivity index (χ4v) is 3.11. The third-order valence-electron chi connectivity index (χ3n) is 4.60. The van der Waals surface area contributed by atoms with Crippen molar-refractivity contribution >= 4 is 28.3 Å². The topological polar surface area (TPSA) is 58.6 Å². The second-order valence-electron chi connectivity index (χ2n) is 6.88. The van der Waals surface area contributed by atoms with Gasteiger partial charge in [0.15, 0.2) is 6.61 Å². The zero-order valence-corrected chi connectivity index (χ0v) is 16.3. The molecule has 3 aromatic rings. The molecule has 0 spiro atoms. The normalized spacial score (nSPS) is 11.7. The summed E-state index contributed by atoms with van der Waals surface area (Å²) in [4.78, 5) is 26.4. The van der Waals surface area contributed by atoms with Gasteiger partial charge in [0.2, 0.25) is 0 Å². The van der Waals surface area contributed by atoms with Crippen LogP contribution in [0.1, 0.15) is 28.9 Å². The highest BCUT2D eigenvalue weighted by Gasteiger charge is 2.15. The van der Waals surface area contributed by atoms with Crippen molar-refractivity contribution in [1.82, 2.24) is 5.32 Å². The van der Waals surface area contributed by atoms with Gasteiger partial charge in [0.05, 0.1) is 11.6 Å². The Bertz CT molecular complexity index is 993. The lowest BCUT2D eigenvalue weighted by Gasteiger charge is -2.17. The van der Waals surface area contributed by atoms with Gasteiger partial charge in [-0.25, -0.2) is 4.79 Å². The fraction of sp³-hybridized carbons (Fsp3) is 0.217. The maximum absolute atomic E-state index is 12.3. The van der Waals surface area contributed by atoms with Crippen molar-refractivity contribution < 1.29 is 14.3 Å². The molecule has 0 heterocycles. The van der Waals surface area contributed by atoms with Gasteiger partial charge in [-0.05, 0) is 41.5 Å². The van der Waals surface area contributed by atoms with Gasteiger partial charge in [-0.2, -0.15) is 0 Å². The van der Waals surface area contributed by atoms with E-state index in [-0.39, 0.29) is 18.6 Å². The highest BCUT2D eigenvalue weighted by atomic mass is 16.5. The van der Waals surface area contributed by atoms with E-state index in [9.17, 15) is 9.59 Å². The van der Waals surface area contributed by atoms with Gasteiger partial charge in [-0.3, -0.25) is 4.79 Å². The number of carbonyl (C=O) groups excluding carboxylic acids is 2. The van der Waals surface area contributed by atoms with Crippen LogP contribution in [0.5, 0.6) is 0 Å². The van der Waals surface area contributed by atoms with Crippen molar-refractivity contribution in [2.75, 3.05) is 25.6 Å². The molecule has 3 aromatic carbocycles. The number of hydrogen-bond acceptors (Lipinski definition) is 4. The molecule has 0 bridgehead atoms. The standard InChI is InChI=1S/C23H24N2O3/c1-16(20-13-7-9-17-8-4-5-12-21(17)20)24-22(26)15-28-23(27)18-10-6-11-19(14-18)25(2)3/h4-14,16H,15H2,1-3H3,(H,24,26)/t16-/m0/s1. The summed E-state index contributed by atoms with van der Waals surface area (Å²) in [6.07, 6.45) is 0. The summed E-state index contributed by atoms with van der Waals surface area (Å²) in [5, 5.41) is 5.11. The summed E-state index contributed by atoms with van der Waals surface area (Å²) in [6.45, 7) is 1.60. The number of hydrogen-bond donors (Lipinski definition) is 1. The second-order valence-corrected chi connectivity index (χ2v) is 6.88. The highest BCUT2D eigenvalue weighted by molar-refractivity contribution is 5.92. The molecule has 0 fully saturated rings. The number of fused-ring (bicyclic) bond motifs is 1. The van der Waals surface area contributed by atoms with E-state index < -0.39 is 5.97 Å². The Morgan fingerprint density at radius 3 is 2.50 bits per heavy atom. The molecule has 5 nitrogen and oxygen atoms in total. The number of nitrogens with one attached hydrogen (secondary N) is 1. The molecule has 5 heteroatoms. The summed E-state index contributed by atoms with van der Waals surface area (Å²) < 4.78 is 5.18. The Morgan fingerprint density at radius 2 is 1.71 bits per heavy atom. The average Bonchev–Trinajstić information content (AvgIpc) is 2.71. The zero-order chi connectivity index (χ0) is 20.1. The van der Waals surface area contributed by atoms with Gasteiger partial charge in [0.1, 0.15) is 0 Å². The molecular weight excluding hydrogens is 352 g/mol. The van der Waals surface area contributed by atoms with Crippen molar-refractivity contribution in [3.63, 3.8) is 0 Å². The molecule has 28 heavy (non-hydrogen) atoms. The Balaban J connectivity index is 1.61. The van der Waals surface area contributed by atoms with Gasteiger partial charge in [0, 0.05) is 19.8 Å².